The van der Waals surface area contributed by atoms with Crippen molar-refractivity contribution in [2.45, 2.75) is 87.8 Å². The van der Waals surface area contributed by atoms with Gasteiger partial charge in [-0.2, -0.15) is 0 Å². The van der Waals surface area contributed by atoms with E-state index in [9.17, 15) is 8.42 Å². The molecule has 1 aliphatic rings. The van der Waals surface area contributed by atoms with E-state index in [0.717, 1.165) is 23.7 Å². The Bertz CT molecular complexity index is 955. The third kappa shape index (κ3) is 6.58. The fourth-order valence-corrected chi connectivity index (χ4v) is 8.99. The van der Waals surface area contributed by atoms with E-state index >= 15 is 0 Å². The van der Waals surface area contributed by atoms with Crippen LogP contribution in [0.15, 0.2) is 65.6 Å². The summed E-state index contributed by atoms with van der Waals surface area (Å²) in [5, 5.41) is 0. The van der Waals surface area contributed by atoms with Crippen LogP contribution in [0.3, 0.4) is 0 Å². The fourth-order valence-electron chi connectivity index (χ4n) is 4.76. The van der Waals surface area contributed by atoms with Crippen LogP contribution in [0.1, 0.15) is 46.1 Å². The van der Waals surface area contributed by atoms with Gasteiger partial charge in [0.15, 0.2) is 13.8 Å². The van der Waals surface area contributed by atoms with Gasteiger partial charge in [0.1, 0.15) is 0 Å². The molecule has 4 atom stereocenters. The number of hydrogen-bond acceptors (Lipinski definition) is 5. The largest absolute Gasteiger partial charge is 0.417 e. The molecule has 0 spiro atoms. The first kappa shape index (κ1) is 27.1. The Morgan fingerprint density at radius 1 is 0.941 bits per heavy atom. The molecule has 1 saturated heterocycles. The van der Waals surface area contributed by atoms with Gasteiger partial charge in [-0.3, -0.25) is 0 Å². The average Bonchev–Trinajstić information content (AvgIpc) is 2.88. The van der Waals surface area contributed by atoms with Crippen LogP contribution in [-0.2, 0) is 30.3 Å². The van der Waals surface area contributed by atoms with Crippen molar-refractivity contribution in [2.24, 2.45) is 5.92 Å². The summed E-state index contributed by atoms with van der Waals surface area (Å²) < 4.78 is 45.9. The summed E-state index contributed by atoms with van der Waals surface area (Å²) in [7, 11) is -5.35. The summed E-state index contributed by atoms with van der Waals surface area (Å²) in [5.41, 5.74) is 0.149. The van der Waals surface area contributed by atoms with E-state index in [1.165, 1.54) is 0 Å². The Balaban J connectivity index is 1.76. The van der Waals surface area contributed by atoms with Gasteiger partial charge < -0.3 is 13.9 Å². The highest BCUT2D eigenvalue weighted by molar-refractivity contribution is 7.92. The van der Waals surface area contributed by atoms with Crippen LogP contribution in [0.4, 0.5) is 0 Å². The molecule has 7 heteroatoms. The highest BCUT2D eigenvalue weighted by Gasteiger charge is 2.43. The Hall–Kier alpha value is -1.51. The Labute approximate surface area is 206 Å². The van der Waals surface area contributed by atoms with E-state index in [0.29, 0.717) is 31.0 Å². The second-order valence-electron chi connectivity index (χ2n) is 9.27. The number of benzene rings is 2. The van der Waals surface area contributed by atoms with Gasteiger partial charge >= 0.3 is 0 Å². The predicted molar refractivity (Wildman–Crippen MR) is 139 cm³/mol. The average molecular weight is 505 g/mol. The zero-order valence-corrected chi connectivity index (χ0v) is 22.8. The number of ether oxygens (including phenoxy) is 2. The molecule has 0 aromatic heterocycles. The van der Waals surface area contributed by atoms with Crippen molar-refractivity contribution in [3.63, 3.8) is 0 Å². The Morgan fingerprint density at radius 3 is 2.12 bits per heavy atom. The minimum Gasteiger partial charge on any atom is -0.417 e. The summed E-state index contributed by atoms with van der Waals surface area (Å²) >= 11 is 0. The highest BCUT2D eigenvalue weighted by Crippen LogP contribution is 2.35. The van der Waals surface area contributed by atoms with E-state index in [1.807, 2.05) is 36.4 Å². The van der Waals surface area contributed by atoms with E-state index in [-0.39, 0.29) is 18.1 Å². The first-order valence-corrected chi connectivity index (χ1v) is 16.7. The van der Waals surface area contributed by atoms with Gasteiger partial charge in [-0.05, 0) is 42.2 Å². The van der Waals surface area contributed by atoms with Gasteiger partial charge in [-0.25, -0.2) is 8.42 Å². The third-order valence-electron chi connectivity index (χ3n) is 7.39. The van der Waals surface area contributed by atoms with Crippen molar-refractivity contribution in [1.29, 1.82) is 0 Å². The summed E-state index contributed by atoms with van der Waals surface area (Å²) in [5.74, 6) is 0.0653. The second-order valence-corrected chi connectivity index (χ2v) is 16.1. The minimum absolute atomic E-state index is 0.0653. The lowest BCUT2D eigenvalue weighted by atomic mass is 9.91. The third-order valence-corrected chi connectivity index (χ3v) is 14.0. The molecule has 0 aliphatic carbocycles. The van der Waals surface area contributed by atoms with Crippen LogP contribution in [0.25, 0.3) is 0 Å². The number of rotatable bonds is 12. The van der Waals surface area contributed by atoms with Gasteiger partial charge in [-0.15, -0.1) is 0 Å². The highest BCUT2D eigenvalue weighted by atomic mass is 32.2. The Kier molecular flexibility index (Phi) is 9.91. The molecule has 0 unspecified atom stereocenters. The van der Waals surface area contributed by atoms with Crippen LogP contribution in [0.2, 0.25) is 18.1 Å². The van der Waals surface area contributed by atoms with Gasteiger partial charge in [0.05, 0.1) is 23.7 Å². The van der Waals surface area contributed by atoms with Gasteiger partial charge in [-0.1, -0.05) is 76.2 Å². The zero-order chi connectivity index (χ0) is 24.6. The van der Waals surface area contributed by atoms with E-state index in [2.05, 4.69) is 27.7 Å². The summed E-state index contributed by atoms with van der Waals surface area (Å²) in [6.07, 6.45) is 0.533. The topological polar surface area (TPSA) is 61.8 Å². The van der Waals surface area contributed by atoms with Gasteiger partial charge in [0, 0.05) is 18.9 Å². The molecule has 0 bridgehead atoms. The molecule has 34 heavy (non-hydrogen) atoms. The maximum Gasteiger partial charge on any atom is 0.205 e. The van der Waals surface area contributed by atoms with Crippen molar-refractivity contribution in [1.82, 2.24) is 0 Å². The molecule has 188 valence electrons. The Morgan fingerprint density at radius 2 is 1.53 bits per heavy atom. The summed E-state index contributed by atoms with van der Waals surface area (Å²) in [6, 6.07) is 21.9. The van der Waals surface area contributed by atoms with E-state index in [4.69, 9.17) is 13.9 Å². The molecule has 2 aromatic carbocycles. The predicted octanol–water partition coefficient (Wildman–Crippen LogP) is 6.21. The summed E-state index contributed by atoms with van der Waals surface area (Å²) in [6.45, 7) is 9.81. The normalized spacial score (nSPS) is 23.6. The molecule has 0 radical (unpaired) electrons. The molecular formula is C27H40O5SSi. The number of hydrogen-bond donors (Lipinski definition) is 0. The maximum absolute atomic E-state index is 13.4. The van der Waals surface area contributed by atoms with Crippen LogP contribution < -0.4 is 0 Å². The molecule has 1 aliphatic heterocycles. The maximum atomic E-state index is 13.4. The van der Waals surface area contributed by atoms with E-state index in [1.54, 1.807) is 24.3 Å². The van der Waals surface area contributed by atoms with E-state index < -0.39 is 23.6 Å². The molecule has 0 N–H and O–H groups in total. The first-order chi connectivity index (χ1) is 16.3. The monoisotopic (exact) mass is 504 g/mol. The van der Waals surface area contributed by atoms with Crippen LogP contribution in [0, 0.1) is 5.92 Å². The van der Waals surface area contributed by atoms with Crippen molar-refractivity contribution in [3.8, 4) is 0 Å². The standard InChI is InChI=1S/C27H40O5SSi/c1-5-34(6-2,7-3)31-19-18-25-22(4)26(30-21-23-14-10-8-11-15-23)20-27(32-25)33(28,29)24-16-12-9-13-17-24/h8-17,22,25-27H,5-7,18-21H2,1-4H3/t22-,25+,26-,27+/m0/s1. The lowest BCUT2D eigenvalue weighted by Gasteiger charge is -2.40. The lowest BCUT2D eigenvalue weighted by Crippen LogP contribution is -2.47. The van der Waals surface area contributed by atoms with Crippen LogP contribution >= 0.6 is 0 Å². The van der Waals surface area contributed by atoms with Crippen molar-refractivity contribution >= 4 is 18.2 Å². The smallest absolute Gasteiger partial charge is 0.205 e. The minimum atomic E-state index is -3.64. The zero-order valence-electron chi connectivity index (χ0n) is 21.0. The molecular weight excluding hydrogens is 464 g/mol. The second kappa shape index (κ2) is 12.4. The summed E-state index contributed by atoms with van der Waals surface area (Å²) in [4.78, 5) is 0.292. The molecule has 2 aromatic rings. The molecule has 1 fully saturated rings. The quantitative estimate of drug-likeness (QED) is 0.322. The SMILES string of the molecule is CC[Si](CC)(CC)OCC[C@H]1O[C@H](S(=O)(=O)c2ccccc2)C[C@H](OCc2ccccc2)[C@H]1C. The van der Waals surface area contributed by atoms with Crippen LogP contribution in [0.5, 0.6) is 0 Å². The van der Waals surface area contributed by atoms with Crippen molar-refractivity contribution in [2.75, 3.05) is 6.61 Å². The van der Waals surface area contributed by atoms with Crippen molar-refractivity contribution in [3.05, 3.63) is 66.2 Å². The molecule has 0 saturated carbocycles. The van der Waals surface area contributed by atoms with Crippen LogP contribution in [-0.4, -0.2) is 41.0 Å². The molecule has 0 amide bonds. The molecule has 1 heterocycles. The molecule has 3 rings (SSSR count). The van der Waals surface area contributed by atoms with Crippen molar-refractivity contribution < 1.29 is 22.3 Å². The van der Waals surface area contributed by atoms with Gasteiger partial charge in [0.25, 0.3) is 0 Å². The first-order valence-electron chi connectivity index (χ1n) is 12.6. The molecule has 5 nitrogen and oxygen atoms in total. The van der Waals surface area contributed by atoms with Gasteiger partial charge in [0.2, 0.25) is 9.84 Å². The number of sulfone groups is 1. The lowest BCUT2D eigenvalue weighted by molar-refractivity contribution is -0.133. The fraction of sp³-hybridized carbons (Fsp3) is 0.556.